The molecule has 0 amide bonds. The van der Waals surface area contributed by atoms with Gasteiger partial charge in [-0.25, -0.2) is 13.1 Å². The minimum atomic E-state index is -3.22. The number of rotatable bonds is 7. The first-order chi connectivity index (χ1) is 8.82. The zero-order valence-corrected chi connectivity index (χ0v) is 13.4. The van der Waals surface area contributed by atoms with Gasteiger partial charge in [-0.1, -0.05) is 13.8 Å². The number of nitrogens with zero attached hydrogens (tertiary/aromatic N) is 1. The largest absolute Gasteiger partial charge is 0.384 e. The zero-order chi connectivity index (χ0) is 14.5. The summed E-state index contributed by atoms with van der Waals surface area (Å²) in [6.45, 7) is 9.59. The highest BCUT2D eigenvalue weighted by molar-refractivity contribution is 7.89. The van der Waals surface area contributed by atoms with E-state index in [0.717, 1.165) is 19.6 Å². The predicted octanol–water partition coefficient (Wildman–Crippen LogP) is 0.919. The van der Waals surface area contributed by atoms with Crippen LogP contribution in [0.1, 0.15) is 27.2 Å². The van der Waals surface area contributed by atoms with Crippen LogP contribution in [0.25, 0.3) is 0 Å². The second-order valence-electron chi connectivity index (χ2n) is 6.00. The molecule has 1 N–H and O–H groups in total. The second-order valence-corrected chi connectivity index (χ2v) is 7.87. The number of piperidine rings is 1. The third-order valence-corrected chi connectivity index (χ3v) is 4.88. The molecule has 1 fully saturated rings. The van der Waals surface area contributed by atoms with E-state index < -0.39 is 10.0 Å². The minimum Gasteiger partial charge on any atom is -0.384 e. The average molecular weight is 292 g/mol. The topological polar surface area (TPSA) is 58.6 Å². The van der Waals surface area contributed by atoms with Crippen molar-refractivity contribution in [2.75, 3.05) is 39.1 Å². The van der Waals surface area contributed by atoms with Crippen molar-refractivity contribution in [3.8, 4) is 0 Å². The monoisotopic (exact) mass is 292 g/mol. The maximum atomic E-state index is 11.8. The van der Waals surface area contributed by atoms with Gasteiger partial charge in [-0.05, 0) is 25.2 Å². The first-order valence-electron chi connectivity index (χ1n) is 7.03. The van der Waals surface area contributed by atoms with E-state index in [9.17, 15) is 8.42 Å². The summed E-state index contributed by atoms with van der Waals surface area (Å²) in [4.78, 5) is 2.36. The molecule has 0 aromatic rings. The first kappa shape index (κ1) is 16.9. The molecule has 6 heteroatoms. The molecule has 0 bridgehead atoms. The Kier molecular flexibility index (Phi) is 6.73. The van der Waals surface area contributed by atoms with Crippen LogP contribution in [0.3, 0.4) is 0 Å². The number of ether oxygens (including phenoxy) is 1. The van der Waals surface area contributed by atoms with Crippen molar-refractivity contribution in [2.45, 2.75) is 33.2 Å². The number of likely N-dealkylation sites (tertiary alicyclic amines) is 1. The van der Waals surface area contributed by atoms with Crippen LogP contribution in [0.2, 0.25) is 0 Å². The van der Waals surface area contributed by atoms with Crippen molar-refractivity contribution >= 4 is 10.0 Å². The third-order valence-electron chi connectivity index (χ3n) is 3.41. The smallest absolute Gasteiger partial charge is 0.214 e. The van der Waals surface area contributed by atoms with Crippen LogP contribution >= 0.6 is 0 Å². The number of nitrogens with one attached hydrogen (secondary N) is 1. The Labute approximate surface area is 117 Å². The summed E-state index contributed by atoms with van der Waals surface area (Å²) in [6.07, 6.45) is 1.27. The van der Waals surface area contributed by atoms with Gasteiger partial charge in [0.15, 0.2) is 0 Å². The van der Waals surface area contributed by atoms with Crippen molar-refractivity contribution in [1.82, 2.24) is 9.62 Å². The van der Waals surface area contributed by atoms with Gasteiger partial charge in [0, 0.05) is 32.8 Å². The summed E-state index contributed by atoms with van der Waals surface area (Å²) < 4.78 is 31.0. The summed E-state index contributed by atoms with van der Waals surface area (Å²) in [7, 11) is -1.71. The Hall–Kier alpha value is -0.170. The fourth-order valence-electron chi connectivity index (χ4n) is 2.92. The van der Waals surface area contributed by atoms with Crippen molar-refractivity contribution in [3.05, 3.63) is 0 Å². The molecule has 0 spiro atoms. The van der Waals surface area contributed by atoms with Gasteiger partial charge in [-0.3, -0.25) is 0 Å². The lowest BCUT2D eigenvalue weighted by Gasteiger charge is -2.36. The van der Waals surface area contributed by atoms with Crippen LogP contribution in [0.15, 0.2) is 0 Å². The van der Waals surface area contributed by atoms with Crippen LogP contribution in [0.4, 0.5) is 0 Å². The molecule has 0 aromatic carbocycles. The summed E-state index contributed by atoms with van der Waals surface area (Å²) in [5.74, 6) is 1.42. The lowest BCUT2D eigenvalue weighted by molar-refractivity contribution is 0.134. The third kappa shape index (κ3) is 6.70. The van der Waals surface area contributed by atoms with E-state index in [0.29, 0.717) is 11.8 Å². The fraction of sp³-hybridized carbons (Fsp3) is 1.00. The van der Waals surface area contributed by atoms with E-state index in [1.54, 1.807) is 0 Å². The molecule has 19 heavy (non-hydrogen) atoms. The molecule has 0 saturated carbocycles. The average Bonchev–Trinajstić information content (AvgIpc) is 2.23. The van der Waals surface area contributed by atoms with Gasteiger partial charge in [0.1, 0.15) is 0 Å². The van der Waals surface area contributed by atoms with Crippen LogP contribution in [-0.2, 0) is 14.8 Å². The maximum absolute atomic E-state index is 11.8. The summed E-state index contributed by atoms with van der Waals surface area (Å²) in [5.41, 5.74) is 0. The molecule has 0 aromatic heterocycles. The summed E-state index contributed by atoms with van der Waals surface area (Å²) >= 11 is 0. The number of methoxy groups -OCH3 is 1. The van der Waals surface area contributed by atoms with Gasteiger partial charge >= 0.3 is 0 Å². The molecule has 1 aliphatic rings. The van der Waals surface area contributed by atoms with E-state index in [4.69, 9.17) is 4.74 Å². The van der Waals surface area contributed by atoms with E-state index in [-0.39, 0.29) is 18.4 Å². The molecule has 114 valence electrons. The highest BCUT2D eigenvalue weighted by Gasteiger charge is 2.24. The Morgan fingerprint density at radius 3 is 2.42 bits per heavy atom. The normalized spacial score (nSPS) is 27.4. The van der Waals surface area contributed by atoms with Gasteiger partial charge in [-0.15, -0.1) is 0 Å². The predicted molar refractivity (Wildman–Crippen MR) is 77.6 cm³/mol. The number of hydrogen-bond acceptors (Lipinski definition) is 4. The highest BCUT2D eigenvalue weighted by atomic mass is 32.2. The minimum absolute atomic E-state index is 0.0284. The molecule has 0 unspecified atom stereocenters. The molecule has 0 radical (unpaired) electrons. The molecule has 0 aliphatic carbocycles. The van der Waals surface area contributed by atoms with Crippen molar-refractivity contribution < 1.29 is 13.2 Å². The van der Waals surface area contributed by atoms with Crippen molar-refractivity contribution in [1.29, 1.82) is 0 Å². The van der Waals surface area contributed by atoms with Gasteiger partial charge < -0.3 is 9.64 Å². The number of hydrogen-bond donors (Lipinski definition) is 1. The Balaban J connectivity index is 2.40. The van der Waals surface area contributed by atoms with Crippen molar-refractivity contribution in [3.63, 3.8) is 0 Å². The van der Waals surface area contributed by atoms with Crippen LogP contribution in [0, 0.1) is 11.8 Å². The highest BCUT2D eigenvalue weighted by Crippen LogP contribution is 2.20. The standard InChI is InChI=1S/C13H28N2O3S/c1-11-7-12(2)9-15(8-11)10-13(3)14-19(16,17)6-5-18-4/h11-14H,5-10H2,1-4H3/t11-,12+,13-/m1/s1. The van der Waals surface area contributed by atoms with E-state index >= 15 is 0 Å². The second kappa shape index (κ2) is 7.57. The SMILES string of the molecule is COCCS(=O)(=O)N[C@H](C)CN1C[C@H](C)C[C@H](C)C1. The first-order valence-corrected chi connectivity index (χ1v) is 8.69. The van der Waals surface area contributed by atoms with Gasteiger partial charge in [0.2, 0.25) is 10.0 Å². The molecular formula is C13H28N2O3S. The Morgan fingerprint density at radius 2 is 1.89 bits per heavy atom. The number of sulfonamides is 1. The summed E-state index contributed by atoms with van der Waals surface area (Å²) in [5, 5.41) is 0. The zero-order valence-electron chi connectivity index (χ0n) is 12.6. The van der Waals surface area contributed by atoms with Crippen LogP contribution in [-0.4, -0.2) is 58.5 Å². The fourth-order valence-corrected chi connectivity index (χ4v) is 4.12. The lowest BCUT2D eigenvalue weighted by Crippen LogP contribution is -2.47. The van der Waals surface area contributed by atoms with E-state index in [1.165, 1.54) is 13.5 Å². The lowest BCUT2D eigenvalue weighted by atomic mass is 9.92. The van der Waals surface area contributed by atoms with Gasteiger partial charge in [0.05, 0.1) is 12.4 Å². The quantitative estimate of drug-likeness (QED) is 0.758. The Morgan fingerprint density at radius 1 is 1.32 bits per heavy atom. The summed E-state index contributed by atoms with van der Waals surface area (Å²) in [6, 6.07) is -0.0562. The molecule has 3 atom stereocenters. The van der Waals surface area contributed by atoms with Gasteiger partial charge in [-0.2, -0.15) is 0 Å². The van der Waals surface area contributed by atoms with E-state index in [2.05, 4.69) is 23.5 Å². The Bertz CT molecular complexity index is 349. The van der Waals surface area contributed by atoms with E-state index in [1.807, 2.05) is 6.92 Å². The van der Waals surface area contributed by atoms with Crippen molar-refractivity contribution in [2.24, 2.45) is 11.8 Å². The molecule has 1 heterocycles. The molecular weight excluding hydrogens is 264 g/mol. The molecule has 5 nitrogen and oxygen atoms in total. The van der Waals surface area contributed by atoms with Crippen LogP contribution < -0.4 is 4.72 Å². The maximum Gasteiger partial charge on any atom is 0.214 e. The molecule has 1 aliphatic heterocycles. The molecule has 1 rings (SSSR count). The molecule has 1 saturated heterocycles. The van der Waals surface area contributed by atoms with Crippen LogP contribution in [0.5, 0.6) is 0 Å². The van der Waals surface area contributed by atoms with Gasteiger partial charge in [0.25, 0.3) is 0 Å².